The first-order valence-electron chi connectivity index (χ1n) is 16.5. The Bertz CT molecular complexity index is 352. The van der Waals surface area contributed by atoms with Gasteiger partial charge in [0.05, 0.1) is 0 Å². The molecule has 0 aliphatic rings. The minimum Gasteiger partial charge on any atom is -0.0654 e. The van der Waals surface area contributed by atoms with Gasteiger partial charge in [0.15, 0.2) is 0 Å². The van der Waals surface area contributed by atoms with E-state index in [-0.39, 0.29) is 0 Å². The van der Waals surface area contributed by atoms with Gasteiger partial charge in [-0.25, -0.2) is 0 Å². The summed E-state index contributed by atoms with van der Waals surface area (Å²) in [5.74, 6) is 0. The normalized spacial score (nSPS) is 12.0. The molecule has 0 amide bonds. The van der Waals surface area contributed by atoms with E-state index in [0.29, 0.717) is 0 Å². The summed E-state index contributed by atoms with van der Waals surface area (Å²) in [5.41, 5.74) is 0. The fraction of sp³-hybridized carbons (Fsp3) is 1.00. The fourth-order valence-corrected chi connectivity index (χ4v) is 15.7. The van der Waals surface area contributed by atoms with Crippen LogP contribution in [0.15, 0.2) is 0 Å². The third-order valence-electron chi connectivity index (χ3n) is 7.55. The van der Waals surface area contributed by atoms with Crippen LogP contribution >= 0.6 is 0 Å². The van der Waals surface area contributed by atoms with Crippen molar-refractivity contribution in [3.8, 4) is 0 Å². The van der Waals surface area contributed by atoms with E-state index in [2.05, 4.69) is 27.7 Å². The monoisotopic (exact) mass is 604 g/mol. The van der Waals surface area contributed by atoms with Crippen molar-refractivity contribution in [3.05, 3.63) is 0 Å². The standard InChI is InChI=1S/2C12H25O.2C4H9.Sn/c2*1-2-3-4-5-6-7-8-9-10-11-12-13;2*1-3-4-2;/h2*2-12H2,1H3;2*1,3-4H2,2H3;/q2*-1;;;+2. The van der Waals surface area contributed by atoms with Crippen LogP contribution in [0.3, 0.4) is 0 Å². The van der Waals surface area contributed by atoms with E-state index in [9.17, 15) is 0 Å². The molecule has 0 N–H and O–H groups in total. The first kappa shape index (κ1) is 35.7. The van der Waals surface area contributed by atoms with E-state index in [1.807, 2.05) is 0 Å². The second kappa shape index (κ2) is 29.3. The molecule has 212 valence electrons. The van der Waals surface area contributed by atoms with Gasteiger partial charge < -0.3 is 0 Å². The summed E-state index contributed by atoms with van der Waals surface area (Å²) in [6.07, 6.45) is 33.0. The molecule has 0 aliphatic carbocycles. The van der Waals surface area contributed by atoms with Crippen molar-refractivity contribution in [1.29, 1.82) is 0 Å². The number of hydrogen-bond acceptors (Lipinski definition) is 2. The van der Waals surface area contributed by atoms with Gasteiger partial charge in [0.25, 0.3) is 0 Å². The van der Waals surface area contributed by atoms with E-state index in [1.54, 1.807) is 0 Å². The first-order valence-corrected chi connectivity index (χ1v) is 22.9. The van der Waals surface area contributed by atoms with Gasteiger partial charge in [-0.3, -0.25) is 0 Å². The Balaban J connectivity index is 4.10. The van der Waals surface area contributed by atoms with Gasteiger partial charge in [0.1, 0.15) is 0 Å². The molecule has 0 rings (SSSR count). The second-order valence-corrected chi connectivity index (χ2v) is 20.9. The zero-order valence-corrected chi connectivity index (χ0v) is 28.0. The maximum atomic E-state index is 6.79. The van der Waals surface area contributed by atoms with Crippen molar-refractivity contribution in [1.82, 2.24) is 0 Å². The molecular weight excluding hydrogens is 535 g/mol. The Morgan fingerprint density at radius 1 is 0.314 bits per heavy atom. The predicted molar refractivity (Wildman–Crippen MR) is 161 cm³/mol. The molecule has 0 atom stereocenters. The minimum absolute atomic E-state index is 0.970. The molecule has 0 heterocycles. The molecule has 0 radical (unpaired) electrons. The Kier molecular flexibility index (Phi) is 29.9. The zero-order chi connectivity index (χ0) is 25.7. The van der Waals surface area contributed by atoms with Crippen LogP contribution in [-0.4, -0.2) is 32.4 Å². The van der Waals surface area contributed by atoms with Crippen LogP contribution in [0.4, 0.5) is 0 Å². The molecular formula is C32H68O2Sn. The molecule has 0 bridgehead atoms. The molecule has 0 aromatic heterocycles. The molecule has 3 heteroatoms. The topological polar surface area (TPSA) is 18.5 Å². The van der Waals surface area contributed by atoms with Crippen LogP contribution in [0.5, 0.6) is 0 Å². The van der Waals surface area contributed by atoms with Gasteiger partial charge in [-0.05, 0) is 0 Å². The molecule has 0 aromatic carbocycles. The summed E-state index contributed by atoms with van der Waals surface area (Å²) < 4.78 is 16.1. The Hall–Kier alpha value is 0.719. The van der Waals surface area contributed by atoms with E-state index >= 15 is 0 Å². The number of hydrogen-bond donors (Lipinski definition) is 0. The third kappa shape index (κ3) is 24.8. The Labute approximate surface area is 228 Å². The summed E-state index contributed by atoms with van der Waals surface area (Å²) in [7, 11) is 0. The third-order valence-corrected chi connectivity index (χ3v) is 18.1. The zero-order valence-electron chi connectivity index (χ0n) is 25.1. The second-order valence-electron chi connectivity index (χ2n) is 11.2. The number of unbranched alkanes of at least 4 members (excludes halogenated alkanes) is 20. The fourth-order valence-electron chi connectivity index (χ4n) is 5.04. The van der Waals surface area contributed by atoms with Gasteiger partial charge in [0.2, 0.25) is 0 Å². The SMILES string of the molecule is CCCCCCCCCCCC[O][Sn]([CH2]CCC)([CH2]CCC)[O]CCCCCCCCCCCC. The van der Waals surface area contributed by atoms with Gasteiger partial charge in [0, 0.05) is 0 Å². The minimum atomic E-state index is -2.90. The van der Waals surface area contributed by atoms with Crippen molar-refractivity contribution in [3.63, 3.8) is 0 Å². The maximum absolute atomic E-state index is 6.79. The van der Waals surface area contributed by atoms with Gasteiger partial charge in [-0.1, -0.05) is 13.8 Å². The van der Waals surface area contributed by atoms with Crippen LogP contribution in [-0.2, 0) is 6.15 Å². The molecule has 0 aliphatic heterocycles. The summed E-state index contributed by atoms with van der Waals surface area (Å²) in [6, 6.07) is 0. The van der Waals surface area contributed by atoms with Gasteiger partial charge in [-0.2, -0.15) is 0 Å². The Morgan fingerprint density at radius 3 is 0.857 bits per heavy atom. The molecule has 0 unspecified atom stereocenters. The summed E-state index contributed by atoms with van der Waals surface area (Å²) >= 11 is -2.90. The molecule has 0 saturated heterocycles. The molecule has 0 spiro atoms. The quantitative estimate of drug-likeness (QED) is 0.0601. The van der Waals surface area contributed by atoms with Gasteiger partial charge >= 0.3 is 215 Å². The number of rotatable bonds is 30. The molecule has 35 heavy (non-hydrogen) atoms. The molecule has 0 aromatic rings. The van der Waals surface area contributed by atoms with Crippen molar-refractivity contribution < 1.29 is 6.15 Å². The molecule has 2 nitrogen and oxygen atoms in total. The van der Waals surface area contributed by atoms with E-state index in [1.165, 1.54) is 163 Å². The van der Waals surface area contributed by atoms with E-state index in [0.717, 1.165) is 13.2 Å². The molecule has 0 saturated carbocycles. The summed E-state index contributed by atoms with van der Waals surface area (Å²) in [4.78, 5) is 0. The Morgan fingerprint density at radius 2 is 0.571 bits per heavy atom. The van der Waals surface area contributed by atoms with Gasteiger partial charge in [-0.15, -0.1) is 0 Å². The smallest absolute Gasteiger partial charge is 0.0654 e. The van der Waals surface area contributed by atoms with Crippen molar-refractivity contribution in [2.75, 3.05) is 13.2 Å². The van der Waals surface area contributed by atoms with Crippen molar-refractivity contribution in [2.24, 2.45) is 0 Å². The van der Waals surface area contributed by atoms with Crippen molar-refractivity contribution >= 4 is 19.2 Å². The predicted octanol–water partition coefficient (Wildman–Crippen LogP) is 11.9. The van der Waals surface area contributed by atoms with Crippen molar-refractivity contribution in [2.45, 2.75) is 191 Å². The summed E-state index contributed by atoms with van der Waals surface area (Å²) in [6.45, 7) is 11.2. The van der Waals surface area contributed by atoms with Crippen LogP contribution in [0.2, 0.25) is 8.87 Å². The van der Waals surface area contributed by atoms with Crippen LogP contribution in [0.1, 0.15) is 182 Å². The summed E-state index contributed by atoms with van der Waals surface area (Å²) in [5, 5.41) is 0. The van der Waals surface area contributed by atoms with Crippen LogP contribution in [0.25, 0.3) is 0 Å². The van der Waals surface area contributed by atoms with Crippen LogP contribution < -0.4 is 0 Å². The van der Waals surface area contributed by atoms with Crippen LogP contribution in [0, 0.1) is 0 Å². The first-order chi connectivity index (χ1) is 17.2. The molecule has 0 fully saturated rings. The average Bonchev–Trinajstić information content (AvgIpc) is 2.87. The van der Waals surface area contributed by atoms with E-state index < -0.39 is 19.2 Å². The average molecular weight is 604 g/mol. The van der Waals surface area contributed by atoms with E-state index in [4.69, 9.17) is 6.15 Å².